The minimum absolute atomic E-state index is 0. The summed E-state index contributed by atoms with van der Waals surface area (Å²) in [6.07, 6.45) is 0. The van der Waals surface area contributed by atoms with Crippen molar-refractivity contribution in [3.8, 4) is 5.75 Å². The molecule has 1 rings (SSSR count). The maximum absolute atomic E-state index is 4.94. The molecule has 0 radical (unpaired) electrons. The molecule has 56 valence electrons. The number of benzene rings is 1. The van der Waals surface area contributed by atoms with Crippen LogP contribution >= 0.6 is 0 Å². The summed E-state index contributed by atoms with van der Waals surface area (Å²) in [4.78, 5) is 0. The molecule has 0 saturated carbocycles. The fourth-order valence-corrected chi connectivity index (χ4v) is 0.626. The molecule has 0 atom stereocenters. The second-order valence-electron chi connectivity index (χ2n) is 1.85. The zero-order valence-corrected chi connectivity index (χ0v) is 10.2. The van der Waals surface area contributed by atoms with Crippen LogP contribution in [0.15, 0.2) is 24.3 Å². The predicted molar refractivity (Wildman–Crippen MR) is 37.5 cm³/mol. The van der Waals surface area contributed by atoms with Gasteiger partial charge in [0, 0.05) is 0 Å². The van der Waals surface area contributed by atoms with E-state index in [1.165, 1.54) is 0 Å². The van der Waals surface area contributed by atoms with E-state index in [2.05, 4.69) is 6.92 Å². The van der Waals surface area contributed by atoms with E-state index in [0.29, 0.717) is 0 Å². The van der Waals surface area contributed by atoms with Gasteiger partial charge in [-0.15, -0.1) is 0 Å². The van der Waals surface area contributed by atoms with Crippen LogP contribution < -0.4 is 17.1 Å². The van der Waals surface area contributed by atoms with Crippen LogP contribution in [-0.2, 0) is 19.5 Å². The van der Waals surface area contributed by atoms with Gasteiger partial charge in [0.2, 0.25) is 0 Å². The molecule has 0 fully saturated rings. The summed E-state index contributed by atoms with van der Waals surface area (Å²) < 4.78 is 4.94. The Morgan fingerprint density at radius 2 is 1.64 bits per heavy atom. The average Bonchev–Trinajstić information content (AvgIpc) is 1.90. The topological polar surface area (TPSA) is 9.23 Å². The van der Waals surface area contributed by atoms with Gasteiger partial charge in [-0.1, -0.05) is 12.1 Å². The van der Waals surface area contributed by atoms with Gasteiger partial charge in [-0.25, -0.2) is 0 Å². The number of rotatable bonds is 1. The molecular weight excluding hydrogens is 213 g/mol. The average molecular weight is 222 g/mol. The normalized spacial score (nSPS) is 7.36. The molecule has 11 heavy (non-hydrogen) atoms. The van der Waals surface area contributed by atoms with Gasteiger partial charge in [-0.3, -0.25) is 0 Å². The van der Waals surface area contributed by atoms with Crippen molar-refractivity contribution in [3.05, 3.63) is 36.8 Å². The number of hydrogen-bond acceptors (Lipinski definition) is 1. The van der Waals surface area contributed by atoms with Gasteiger partial charge in [0.05, 0.1) is 12.9 Å². The molecule has 1 nitrogen and oxygen atoms in total. The van der Waals surface area contributed by atoms with E-state index in [-0.39, 0.29) is 31.9 Å². The van der Waals surface area contributed by atoms with Crippen LogP contribution in [0.25, 0.3) is 0 Å². The first-order chi connectivity index (χ1) is 4.33. The predicted octanol–water partition coefficient (Wildman–Crippen LogP) is -1.12. The maximum Gasteiger partial charge on any atom is 2.00 e. The van der Waals surface area contributed by atoms with E-state index in [9.17, 15) is 0 Å². The molecule has 0 saturated heterocycles. The maximum atomic E-state index is 4.94. The van der Waals surface area contributed by atoms with Gasteiger partial charge in [0.1, 0.15) is 0 Å². The third-order valence-electron chi connectivity index (χ3n) is 1.16. The van der Waals surface area contributed by atoms with Crippen molar-refractivity contribution in [2.45, 2.75) is 0 Å². The fraction of sp³-hybridized carbons (Fsp3) is 0.125. The Kier molecular flexibility index (Phi) is 7.93. The third kappa shape index (κ3) is 4.28. The summed E-state index contributed by atoms with van der Waals surface area (Å²) in [5.41, 5.74) is 1.01. The van der Waals surface area contributed by atoms with Crippen LogP contribution in [0.2, 0.25) is 0 Å². The van der Waals surface area contributed by atoms with Crippen molar-refractivity contribution < 1.29 is 36.6 Å². The molecule has 0 unspecified atom stereocenters. The van der Waals surface area contributed by atoms with Gasteiger partial charge in [-0.05, 0) is 0 Å². The molecule has 0 aliphatic heterocycles. The van der Waals surface area contributed by atoms with Gasteiger partial charge < -0.3 is 17.1 Å². The van der Waals surface area contributed by atoms with Gasteiger partial charge in [0.25, 0.3) is 0 Å². The van der Waals surface area contributed by atoms with Crippen LogP contribution in [0.1, 0.15) is 5.56 Å². The number of methoxy groups -OCH3 is 1. The molecule has 0 aliphatic rings. The molecule has 1 aromatic rings. The van der Waals surface area contributed by atoms with E-state index in [1.807, 2.05) is 24.3 Å². The standard InChI is InChI=1S/C8H9O.ClH.Zn/c1-7-3-5-8(9-2)6-4-7;;/h3-6H,1H2,2H3;1H;/q-1;;+2/p-1. The van der Waals surface area contributed by atoms with E-state index in [4.69, 9.17) is 4.74 Å². The molecule has 3 heteroatoms. The Morgan fingerprint density at radius 1 is 1.18 bits per heavy atom. The molecule has 0 heterocycles. The monoisotopic (exact) mass is 220 g/mol. The minimum atomic E-state index is 0. The van der Waals surface area contributed by atoms with Gasteiger partial charge in [-0.2, -0.15) is 24.6 Å². The van der Waals surface area contributed by atoms with E-state index >= 15 is 0 Å². The van der Waals surface area contributed by atoms with E-state index in [1.54, 1.807) is 7.11 Å². The molecule has 0 spiro atoms. The summed E-state index contributed by atoms with van der Waals surface area (Å²) in [6, 6.07) is 7.61. The van der Waals surface area contributed by atoms with Crippen molar-refractivity contribution in [1.82, 2.24) is 0 Å². The van der Waals surface area contributed by atoms with Crippen molar-refractivity contribution in [3.63, 3.8) is 0 Å². The molecule has 0 N–H and O–H groups in total. The Balaban J connectivity index is 0. The first-order valence-electron chi connectivity index (χ1n) is 2.79. The Bertz CT molecular complexity index is 186. The van der Waals surface area contributed by atoms with Crippen molar-refractivity contribution in [1.29, 1.82) is 0 Å². The second kappa shape index (κ2) is 6.51. The van der Waals surface area contributed by atoms with Crippen molar-refractivity contribution in [2.24, 2.45) is 0 Å². The molecule has 0 bridgehead atoms. The summed E-state index contributed by atoms with van der Waals surface area (Å²) in [7, 11) is 1.65. The second-order valence-corrected chi connectivity index (χ2v) is 1.85. The molecule has 0 aromatic heterocycles. The van der Waals surface area contributed by atoms with Gasteiger partial charge in [0.15, 0.2) is 0 Å². The largest absolute Gasteiger partial charge is 2.00 e. The van der Waals surface area contributed by atoms with Gasteiger partial charge >= 0.3 is 19.5 Å². The zero-order chi connectivity index (χ0) is 6.69. The first kappa shape index (κ1) is 13.4. The third-order valence-corrected chi connectivity index (χ3v) is 1.16. The summed E-state index contributed by atoms with van der Waals surface area (Å²) in [6.45, 7) is 3.74. The Hall–Kier alpha value is -0.197. The summed E-state index contributed by atoms with van der Waals surface area (Å²) in [5, 5.41) is 0. The summed E-state index contributed by atoms with van der Waals surface area (Å²) in [5.74, 6) is 0.877. The quantitative estimate of drug-likeness (QED) is 0.432. The molecular formula is C8H9ClOZn. The van der Waals surface area contributed by atoms with Crippen LogP contribution in [0.3, 0.4) is 0 Å². The number of hydrogen-bond donors (Lipinski definition) is 0. The SMILES string of the molecule is [CH2-]c1ccc(OC)cc1.[Cl-].[Zn+2]. The number of ether oxygens (including phenoxy) is 1. The molecule has 0 aliphatic carbocycles. The summed E-state index contributed by atoms with van der Waals surface area (Å²) >= 11 is 0. The van der Waals surface area contributed by atoms with Crippen molar-refractivity contribution >= 4 is 0 Å². The van der Waals surface area contributed by atoms with E-state index < -0.39 is 0 Å². The molecule has 1 aromatic carbocycles. The smallest absolute Gasteiger partial charge is 1.00 e. The Morgan fingerprint density at radius 3 is 2.00 bits per heavy atom. The zero-order valence-electron chi connectivity index (χ0n) is 6.51. The first-order valence-corrected chi connectivity index (χ1v) is 2.79. The van der Waals surface area contributed by atoms with Crippen LogP contribution in [0, 0.1) is 6.92 Å². The van der Waals surface area contributed by atoms with Crippen LogP contribution in [-0.4, -0.2) is 7.11 Å². The van der Waals surface area contributed by atoms with Crippen LogP contribution in [0.5, 0.6) is 5.75 Å². The fourth-order valence-electron chi connectivity index (χ4n) is 0.626. The Labute approximate surface area is 86.3 Å². The number of halogens is 1. The van der Waals surface area contributed by atoms with E-state index in [0.717, 1.165) is 11.3 Å². The molecule has 0 amide bonds. The van der Waals surface area contributed by atoms with Crippen molar-refractivity contribution in [2.75, 3.05) is 7.11 Å². The minimum Gasteiger partial charge on any atom is -1.00 e. The van der Waals surface area contributed by atoms with Crippen LogP contribution in [0.4, 0.5) is 0 Å².